The number of carbonyl (C=O) groups is 1. The maximum absolute atomic E-state index is 12.2. The lowest BCUT2D eigenvalue weighted by Gasteiger charge is -2.42. The minimum atomic E-state index is 0.137. The van der Waals surface area contributed by atoms with Crippen molar-refractivity contribution in [3.8, 4) is 0 Å². The smallest absolute Gasteiger partial charge is 0.223 e. The second kappa shape index (κ2) is 5.67. The van der Waals surface area contributed by atoms with Crippen molar-refractivity contribution in [1.29, 1.82) is 0 Å². The van der Waals surface area contributed by atoms with E-state index >= 15 is 0 Å². The van der Waals surface area contributed by atoms with Gasteiger partial charge in [0.05, 0.1) is 0 Å². The van der Waals surface area contributed by atoms with Crippen molar-refractivity contribution in [2.45, 2.75) is 58.9 Å². The van der Waals surface area contributed by atoms with Crippen molar-refractivity contribution >= 4 is 5.91 Å². The standard InChI is InChI=1S/C13H26N2O/c1-4-11(3)15(5-2)12(16)9-13(10-14)7-6-8-13/h11H,4-10,14H2,1-3H3. The van der Waals surface area contributed by atoms with Crippen LogP contribution in [-0.4, -0.2) is 29.9 Å². The van der Waals surface area contributed by atoms with Crippen LogP contribution in [0.15, 0.2) is 0 Å². The van der Waals surface area contributed by atoms with Gasteiger partial charge < -0.3 is 10.6 Å². The highest BCUT2D eigenvalue weighted by atomic mass is 16.2. The molecule has 1 aliphatic rings. The molecule has 0 aromatic rings. The first kappa shape index (κ1) is 13.5. The zero-order valence-corrected chi connectivity index (χ0v) is 11.0. The summed E-state index contributed by atoms with van der Waals surface area (Å²) >= 11 is 0. The third-order valence-corrected chi connectivity index (χ3v) is 4.16. The van der Waals surface area contributed by atoms with E-state index in [2.05, 4.69) is 20.8 Å². The van der Waals surface area contributed by atoms with E-state index < -0.39 is 0 Å². The lowest BCUT2D eigenvalue weighted by molar-refractivity contribution is -0.137. The molecule has 0 aliphatic heterocycles. The summed E-state index contributed by atoms with van der Waals surface area (Å²) in [4.78, 5) is 14.2. The zero-order chi connectivity index (χ0) is 12.2. The van der Waals surface area contributed by atoms with E-state index in [0.29, 0.717) is 24.9 Å². The van der Waals surface area contributed by atoms with Gasteiger partial charge in [-0.3, -0.25) is 4.79 Å². The van der Waals surface area contributed by atoms with Gasteiger partial charge in [-0.1, -0.05) is 13.3 Å². The zero-order valence-electron chi connectivity index (χ0n) is 11.0. The molecule has 1 rings (SSSR count). The molecule has 3 heteroatoms. The van der Waals surface area contributed by atoms with Crippen molar-refractivity contribution in [3.05, 3.63) is 0 Å². The summed E-state index contributed by atoms with van der Waals surface area (Å²) < 4.78 is 0. The van der Waals surface area contributed by atoms with Crippen LogP contribution in [0.25, 0.3) is 0 Å². The van der Waals surface area contributed by atoms with Gasteiger partial charge in [-0.05, 0) is 45.1 Å². The number of hydrogen-bond acceptors (Lipinski definition) is 2. The predicted molar refractivity (Wildman–Crippen MR) is 67.1 cm³/mol. The van der Waals surface area contributed by atoms with Crippen LogP contribution in [0.4, 0.5) is 0 Å². The Morgan fingerprint density at radius 3 is 2.38 bits per heavy atom. The molecule has 3 nitrogen and oxygen atoms in total. The molecule has 0 aromatic heterocycles. The van der Waals surface area contributed by atoms with Crippen LogP contribution in [0, 0.1) is 5.41 Å². The van der Waals surface area contributed by atoms with E-state index in [-0.39, 0.29) is 5.41 Å². The van der Waals surface area contributed by atoms with Crippen LogP contribution in [0.5, 0.6) is 0 Å². The fourth-order valence-corrected chi connectivity index (χ4v) is 2.51. The van der Waals surface area contributed by atoms with Crippen LogP contribution in [-0.2, 0) is 4.79 Å². The molecule has 1 unspecified atom stereocenters. The van der Waals surface area contributed by atoms with Gasteiger partial charge in [0, 0.05) is 19.0 Å². The Morgan fingerprint density at radius 2 is 2.06 bits per heavy atom. The SMILES string of the molecule is CCC(C)N(CC)C(=O)CC1(CN)CCC1. The third kappa shape index (κ3) is 2.76. The summed E-state index contributed by atoms with van der Waals surface area (Å²) in [5.41, 5.74) is 5.93. The maximum Gasteiger partial charge on any atom is 0.223 e. The molecular formula is C13H26N2O. The quantitative estimate of drug-likeness (QED) is 0.754. The number of nitrogens with zero attached hydrogens (tertiary/aromatic N) is 1. The summed E-state index contributed by atoms with van der Waals surface area (Å²) in [6.07, 6.45) is 5.18. The first-order chi connectivity index (χ1) is 7.58. The van der Waals surface area contributed by atoms with Gasteiger partial charge in [-0.2, -0.15) is 0 Å². The number of nitrogens with two attached hydrogens (primary N) is 1. The van der Waals surface area contributed by atoms with E-state index in [9.17, 15) is 4.79 Å². The minimum Gasteiger partial charge on any atom is -0.340 e. The topological polar surface area (TPSA) is 46.3 Å². The highest BCUT2D eigenvalue weighted by molar-refractivity contribution is 5.77. The molecule has 0 heterocycles. The van der Waals surface area contributed by atoms with Gasteiger partial charge in [-0.15, -0.1) is 0 Å². The second-order valence-electron chi connectivity index (χ2n) is 5.17. The van der Waals surface area contributed by atoms with Crippen LogP contribution < -0.4 is 5.73 Å². The van der Waals surface area contributed by atoms with Crippen LogP contribution in [0.2, 0.25) is 0 Å². The molecule has 1 amide bonds. The molecule has 1 saturated carbocycles. The summed E-state index contributed by atoms with van der Waals surface area (Å²) in [6.45, 7) is 7.78. The largest absolute Gasteiger partial charge is 0.340 e. The predicted octanol–water partition coefficient (Wildman–Crippen LogP) is 2.15. The molecule has 94 valence electrons. The van der Waals surface area contributed by atoms with Gasteiger partial charge in [0.1, 0.15) is 0 Å². The van der Waals surface area contributed by atoms with Crippen molar-refractivity contribution < 1.29 is 4.79 Å². The molecule has 0 aromatic carbocycles. The Morgan fingerprint density at radius 1 is 1.44 bits per heavy atom. The third-order valence-electron chi connectivity index (χ3n) is 4.16. The van der Waals surface area contributed by atoms with Crippen molar-refractivity contribution in [3.63, 3.8) is 0 Å². The Bertz CT molecular complexity index is 231. The fourth-order valence-electron chi connectivity index (χ4n) is 2.51. The van der Waals surface area contributed by atoms with E-state index in [0.717, 1.165) is 25.8 Å². The number of carbonyl (C=O) groups excluding carboxylic acids is 1. The Kier molecular flexibility index (Phi) is 4.78. The Balaban J connectivity index is 2.55. The lowest BCUT2D eigenvalue weighted by Crippen LogP contribution is -2.45. The van der Waals surface area contributed by atoms with Crippen molar-refractivity contribution in [2.24, 2.45) is 11.1 Å². The number of hydrogen-bond donors (Lipinski definition) is 1. The highest BCUT2D eigenvalue weighted by Crippen LogP contribution is 2.43. The molecular weight excluding hydrogens is 200 g/mol. The van der Waals surface area contributed by atoms with Gasteiger partial charge >= 0.3 is 0 Å². The molecule has 0 bridgehead atoms. The van der Waals surface area contributed by atoms with Crippen LogP contribution in [0.3, 0.4) is 0 Å². The summed E-state index contributed by atoms with van der Waals surface area (Å²) in [5.74, 6) is 0.294. The van der Waals surface area contributed by atoms with Gasteiger partial charge in [-0.25, -0.2) is 0 Å². The molecule has 0 spiro atoms. The van der Waals surface area contributed by atoms with Crippen LogP contribution >= 0.6 is 0 Å². The number of rotatable bonds is 6. The second-order valence-corrected chi connectivity index (χ2v) is 5.17. The Hall–Kier alpha value is -0.570. The van der Waals surface area contributed by atoms with Gasteiger partial charge in [0.15, 0.2) is 0 Å². The highest BCUT2D eigenvalue weighted by Gasteiger charge is 2.38. The number of amides is 1. The minimum absolute atomic E-state index is 0.137. The summed E-state index contributed by atoms with van der Waals surface area (Å²) in [7, 11) is 0. The molecule has 1 aliphatic carbocycles. The fraction of sp³-hybridized carbons (Fsp3) is 0.923. The lowest BCUT2D eigenvalue weighted by atomic mass is 9.66. The first-order valence-electron chi connectivity index (χ1n) is 6.58. The van der Waals surface area contributed by atoms with E-state index in [1.807, 2.05) is 4.90 Å². The molecule has 1 atom stereocenters. The van der Waals surface area contributed by atoms with Crippen LogP contribution in [0.1, 0.15) is 52.9 Å². The van der Waals surface area contributed by atoms with Crippen molar-refractivity contribution in [2.75, 3.05) is 13.1 Å². The van der Waals surface area contributed by atoms with Gasteiger partial charge in [0.2, 0.25) is 5.91 Å². The Labute approximate surface area is 99.4 Å². The normalized spacial score (nSPS) is 20.0. The van der Waals surface area contributed by atoms with Gasteiger partial charge in [0.25, 0.3) is 0 Å². The molecule has 1 fully saturated rings. The van der Waals surface area contributed by atoms with Crippen molar-refractivity contribution in [1.82, 2.24) is 4.90 Å². The first-order valence-corrected chi connectivity index (χ1v) is 6.58. The molecule has 2 N–H and O–H groups in total. The monoisotopic (exact) mass is 226 g/mol. The van der Waals surface area contributed by atoms with E-state index in [4.69, 9.17) is 5.73 Å². The molecule has 16 heavy (non-hydrogen) atoms. The van der Waals surface area contributed by atoms with E-state index in [1.165, 1.54) is 6.42 Å². The summed E-state index contributed by atoms with van der Waals surface area (Å²) in [6, 6.07) is 0.354. The maximum atomic E-state index is 12.2. The average Bonchev–Trinajstić information content (AvgIpc) is 2.24. The summed E-state index contributed by atoms with van der Waals surface area (Å²) in [5, 5.41) is 0. The average molecular weight is 226 g/mol. The molecule has 0 radical (unpaired) electrons. The molecule has 0 saturated heterocycles. The van der Waals surface area contributed by atoms with E-state index in [1.54, 1.807) is 0 Å².